The lowest BCUT2D eigenvalue weighted by molar-refractivity contribution is -0.121. The van der Waals surface area contributed by atoms with E-state index in [9.17, 15) is 4.79 Å². The van der Waals surface area contributed by atoms with Gasteiger partial charge in [-0.25, -0.2) is 0 Å². The van der Waals surface area contributed by atoms with Gasteiger partial charge >= 0.3 is 0 Å². The van der Waals surface area contributed by atoms with Gasteiger partial charge in [0.1, 0.15) is 5.75 Å². The molecule has 0 aliphatic carbocycles. The second-order valence-electron chi connectivity index (χ2n) is 7.34. The van der Waals surface area contributed by atoms with Gasteiger partial charge in [-0.2, -0.15) is 5.10 Å². The smallest absolute Gasteiger partial charge is 0.220 e. The van der Waals surface area contributed by atoms with Crippen molar-refractivity contribution in [2.45, 2.75) is 46.7 Å². The molecular weight excluding hydrogens is 362 g/mol. The zero-order valence-electron chi connectivity index (χ0n) is 17.4. The molecule has 0 unspecified atom stereocenters. The van der Waals surface area contributed by atoms with Gasteiger partial charge in [0, 0.05) is 24.2 Å². The Labute approximate surface area is 172 Å². The third-order valence-corrected chi connectivity index (χ3v) is 4.98. The topological polar surface area (TPSA) is 56.1 Å². The van der Waals surface area contributed by atoms with Crippen LogP contribution in [0, 0.1) is 20.8 Å². The highest BCUT2D eigenvalue weighted by Gasteiger charge is 2.13. The van der Waals surface area contributed by atoms with E-state index in [1.54, 1.807) is 0 Å². The minimum Gasteiger partial charge on any atom is -0.494 e. The van der Waals surface area contributed by atoms with E-state index in [-0.39, 0.29) is 5.91 Å². The Morgan fingerprint density at radius 2 is 1.86 bits per heavy atom. The molecule has 0 radical (unpaired) electrons. The van der Waals surface area contributed by atoms with Crippen LogP contribution in [0.25, 0.3) is 0 Å². The number of nitrogens with zero attached hydrogens (tertiary/aromatic N) is 2. The van der Waals surface area contributed by atoms with Crippen molar-refractivity contribution >= 4 is 5.91 Å². The van der Waals surface area contributed by atoms with Crippen LogP contribution in [0.15, 0.2) is 54.6 Å². The molecule has 0 saturated carbocycles. The highest BCUT2D eigenvalue weighted by atomic mass is 16.5. The third kappa shape index (κ3) is 5.95. The standard InChI is InChI=1S/C24H29N3O2/c1-18-9-7-12-22(15-18)29-14-8-13-24(28)25-16-23-19(2)26-27(20(23)3)17-21-10-5-4-6-11-21/h4-7,9-12,15H,8,13-14,16-17H2,1-3H3,(H,25,28). The van der Waals surface area contributed by atoms with E-state index < -0.39 is 0 Å². The Balaban J connectivity index is 1.45. The fourth-order valence-corrected chi connectivity index (χ4v) is 3.30. The van der Waals surface area contributed by atoms with E-state index in [1.807, 2.05) is 61.0 Å². The Bertz CT molecular complexity index is 948. The lowest BCUT2D eigenvalue weighted by atomic mass is 10.2. The average molecular weight is 392 g/mol. The van der Waals surface area contributed by atoms with E-state index in [0.717, 1.165) is 29.2 Å². The molecule has 152 valence electrons. The summed E-state index contributed by atoms with van der Waals surface area (Å²) in [5.74, 6) is 0.884. The number of carbonyl (C=O) groups excluding carboxylic acids is 1. The van der Waals surface area contributed by atoms with Crippen molar-refractivity contribution in [3.8, 4) is 5.75 Å². The molecule has 0 atom stereocenters. The molecule has 1 amide bonds. The summed E-state index contributed by atoms with van der Waals surface area (Å²) in [6.07, 6.45) is 1.13. The van der Waals surface area contributed by atoms with Gasteiger partial charge in [0.2, 0.25) is 5.91 Å². The second kappa shape index (κ2) is 9.92. The maximum absolute atomic E-state index is 12.2. The summed E-state index contributed by atoms with van der Waals surface area (Å²) < 4.78 is 7.71. The molecule has 3 rings (SSSR count). The Kier molecular flexibility index (Phi) is 7.06. The molecule has 0 aliphatic rings. The number of nitrogens with one attached hydrogen (secondary N) is 1. The summed E-state index contributed by atoms with van der Waals surface area (Å²) >= 11 is 0. The fourth-order valence-electron chi connectivity index (χ4n) is 3.30. The van der Waals surface area contributed by atoms with Gasteiger partial charge in [0.25, 0.3) is 0 Å². The molecule has 2 aromatic carbocycles. The van der Waals surface area contributed by atoms with Crippen LogP contribution in [0.3, 0.4) is 0 Å². The normalized spacial score (nSPS) is 10.7. The minimum absolute atomic E-state index is 0.0347. The van der Waals surface area contributed by atoms with Crippen LogP contribution in [0.5, 0.6) is 5.75 Å². The summed E-state index contributed by atoms with van der Waals surface area (Å²) in [7, 11) is 0. The summed E-state index contributed by atoms with van der Waals surface area (Å²) in [5, 5.41) is 7.66. The van der Waals surface area contributed by atoms with Crippen LogP contribution >= 0.6 is 0 Å². The van der Waals surface area contributed by atoms with Crippen molar-refractivity contribution < 1.29 is 9.53 Å². The monoisotopic (exact) mass is 391 g/mol. The van der Waals surface area contributed by atoms with Crippen LogP contribution in [0.1, 0.15) is 40.9 Å². The van der Waals surface area contributed by atoms with E-state index in [1.165, 1.54) is 11.1 Å². The lowest BCUT2D eigenvalue weighted by Gasteiger charge is -2.08. The van der Waals surface area contributed by atoms with Crippen LogP contribution < -0.4 is 10.1 Å². The minimum atomic E-state index is 0.0347. The maximum atomic E-state index is 12.2. The molecule has 0 bridgehead atoms. The van der Waals surface area contributed by atoms with Gasteiger partial charge in [0.15, 0.2) is 0 Å². The first-order chi connectivity index (χ1) is 14.0. The van der Waals surface area contributed by atoms with Crippen molar-refractivity contribution in [1.82, 2.24) is 15.1 Å². The lowest BCUT2D eigenvalue weighted by Crippen LogP contribution is -2.23. The summed E-state index contributed by atoms with van der Waals surface area (Å²) in [4.78, 5) is 12.2. The van der Waals surface area contributed by atoms with Gasteiger partial charge in [-0.15, -0.1) is 0 Å². The molecule has 29 heavy (non-hydrogen) atoms. The number of hydrogen-bond acceptors (Lipinski definition) is 3. The first-order valence-corrected chi connectivity index (χ1v) is 10.1. The Hall–Kier alpha value is -3.08. The number of benzene rings is 2. The molecule has 0 fully saturated rings. The Morgan fingerprint density at radius 3 is 2.62 bits per heavy atom. The quantitative estimate of drug-likeness (QED) is 0.552. The molecule has 5 nitrogen and oxygen atoms in total. The largest absolute Gasteiger partial charge is 0.494 e. The molecule has 5 heteroatoms. The molecule has 0 spiro atoms. The molecule has 1 heterocycles. The van der Waals surface area contributed by atoms with Gasteiger partial charge in [-0.3, -0.25) is 9.48 Å². The molecule has 0 saturated heterocycles. The van der Waals surface area contributed by atoms with E-state index in [0.29, 0.717) is 26.0 Å². The maximum Gasteiger partial charge on any atom is 0.220 e. The molecule has 1 aromatic heterocycles. The summed E-state index contributed by atoms with van der Waals surface area (Å²) in [5.41, 5.74) is 5.52. The van der Waals surface area contributed by atoms with Gasteiger partial charge in [0.05, 0.1) is 18.8 Å². The second-order valence-corrected chi connectivity index (χ2v) is 7.34. The molecule has 1 N–H and O–H groups in total. The molecular formula is C24H29N3O2. The van der Waals surface area contributed by atoms with Gasteiger partial charge < -0.3 is 10.1 Å². The summed E-state index contributed by atoms with van der Waals surface area (Å²) in [6.45, 7) is 7.85. The van der Waals surface area contributed by atoms with Crippen LogP contribution in [-0.2, 0) is 17.9 Å². The molecule has 0 aliphatic heterocycles. The third-order valence-electron chi connectivity index (χ3n) is 4.98. The highest BCUT2D eigenvalue weighted by molar-refractivity contribution is 5.75. The first kappa shape index (κ1) is 20.6. The van der Waals surface area contributed by atoms with Crippen LogP contribution in [0.2, 0.25) is 0 Å². The van der Waals surface area contributed by atoms with Crippen LogP contribution in [0.4, 0.5) is 0 Å². The summed E-state index contributed by atoms with van der Waals surface area (Å²) in [6, 6.07) is 18.2. The van der Waals surface area contributed by atoms with Crippen molar-refractivity contribution in [2.24, 2.45) is 0 Å². The predicted octanol–water partition coefficient (Wildman–Crippen LogP) is 4.33. The highest BCUT2D eigenvalue weighted by Crippen LogP contribution is 2.15. The van der Waals surface area contributed by atoms with Crippen molar-refractivity contribution in [3.05, 3.63) is 82.7 Å². The molecule has 3 aromatic rings. The van der Waals surface area contributed by atoms with E-state index in [2.05, 4.69) is 29.5 Å². The average Bonchev–Trinajstić information content (AvgIpc) is 2.97. The number of rotatable bonds is 9. The van der Waals surface area contributed by atoms with Crippen molar-refractivity contribution in [3.63, 3.8) is 0 Å². The Morgan fingerprint density at radius 1 is 1.07 bits per heavy atom. The number of aromatic nitrogens is 2. The van der Waals surface area contributed by atoms with Gasteiger partial charge in [-0.05, 0) is 50.5 Å². The number of hydrogen-bond donors (Lipinski definition) is 1. The van der Waals surface area contributed by atoms with E-state index >= 15 is 0 Å². The predicted molar refractivity (Wildman–Crippen MR) is 115 cm³/mol. The number of aryl methyl sites for hydroxylation is 2. The van der Waals surface area contributed by atoms with Crippen LogP contribution in [-0.4, -0.2) is 22.3 Å². The van der Waals surface area contributed by atoms with Gasteiger partial charge in [-0.1, -0.05) is 42.5 Å². The number of ether oxygens (including phenoxy) is 1. The first-order valence-electron chi connectivity index (χ1n) is 10.1. The zero-order valence-corrected chi connectivity index (χ0v) is 17.4. The SMILES string of the molecule is Cc1cccc(OCCCC(=O)NCc2c(C)nn(Cc3ccccc3)c2C)c1. The number of amides is 1. The number of carbonyl (C=O) groups is 1. The van der Waals surface area contributed by atoms with Crippen molar-refractivity contribution in [2.75, 3.05) is 6.61 Å². The fraction of sp³-hybridized carbons (Fsp3) is 0.333. The zero-order chi connectivity index (χ0) is 20.6. The van der Waals surface area contributed by atoms with Crippen molar-refractivity contribution in [1.29, 1.82) is 0 Å². The van der Waals surface area contributed by atoms with E-state index in [4.69, 9.17) is 4.74 Å².